The fraction of sp³-hybridized carbons (Fsp3) is 0.227. The lowest BCUT2D eigenvalue weighted by atomic mass is 10.0. The highest BCUT2D eigenvalue weighted by Crippen LogP contribution is 2.29. The Bertz CT molecular complexity index is 1180. The number of benzene rings is 3. The molecule has 0 aliphatic carbocycles. The Morgan fingerprint density at radius 3 is 2.74 bits per heavy atom. The van der Waals surface area contributed by atoms with Gasteiger partial charge in [-0.25, -0.2) is 4.68 Å². The molecule has 9 heteroatoms. The summed E-state index contributed by atoms with van der Waals surface area (Å²) in [6, 6.07) is 18.0. The predicted octanol–water partition coefficient (Wildman–Crippen LogP) is 5.13. The first-order chi connectivity index (χ1) is 15.1. The first-order valence-electron chi connectivity index (χ1n) is 9.75. The van der Waals surface area contributed by atoms with Crippen LogP contribution in [0.1, 0.15) is 11.1 Å². The molecule has 4 rings (SSSR count). The molecular weight excluding hydrogens is 453 g/mol. The molecule has 1 aromatic heterocycles. The first kappa shape index (κ1) is 21.9. The zero-order chi connectivity index (χ0) is 21.6. The minimum atomic E-state index is 0.414. The summed E-state index contributed by atoms with van der Waals surface area (Å²) in [4.78, 5) is 0. The lowest BCUT2D eigenvalue weighted by Crippen LogP contribution is -2.17. The fourth-order valence-electron chi connectivity index (χ4n) is 3.20. The predicted molar refractivity (Wildman–Crippen MR) is 126 cm³/mol. The van der Waals surface area contributed by atoms with Crippen LogP contribution in [0.4, 0.5) is 0 Å². The molecule has 3 aromatic carbocycles. The van der Waals surface area contributed by atoms with E-state index in [1.807, 2.05) is 37.4 Å². The minimum Gasteiger partial charge on any atom is -0.489 e. The van der Waals surface area contributed by atoms with Crippen molar-refractivity contribution in [1.82, 2.24) is 25.5 Å². The van der Waals surface area contributed by atoms with Crippen LogP contribution in [-0.2, 0) is 20.2 Å². The number of tetrazole rings is 1. The number of aromatic nitrogens is 4. The molecule has 1 heterocycles. The van der Waals surface area contributed by atoms with Gasteiger partial charge in [0.1, 0.15) is 12.4 Å². The van der Waals surface area contributed by atoms with Crippen LogP contribution in [0.3, 0.4) is 0 Å². The van der Waals surface area contributed by atoms with E-state index in [1.165, 1.54) is 10.8 Å². The highest BCUT2D eigenvalue weighted by atomic mass is 35.5. The number of hydrogen-bond donors (Lipinski definition) is 1. The molecule has 0 fully saturated rings. The number of halogens is 2. The Balaban J connectivity index is 1.44. The second-order valence-electron chi connectivity index (χ2n) is 6.91. The van der Waals surface area contributed by atoms with Gasteiger partial charge in [0.2, 0.25) is 5.16 Å². The Morgan fingerprint density at radius 2 is 1.94 bits per heavy atom. The van der Waals surface area contributed by atoms with E-state index in [0.717, 1.165) is 34.3 Å². The third kappa shape index (κ3) is 5.49. The second kappa shape index (κ2) is 10.3. The monoisotopic (exact) mass is 473 g/mol. The number of fused-ring (bicyclic) bond motifs is 1. The van der Waals surface area contributed by atoms with Crippen molar-refractivity contribution in [3.63, 3.8) is 0 Å². The maximum absolute atomic E-state index is 6.18. The Hall–Kier alpha value is -2.32. The number of ether oxygens (including phenoxy) is 1. The van der Waals surface area contributed by atoms with Gasteiger partial charge in [-0.1, -0.05) is 71.4 Å². The maximum atomic E-state index is 6.18. The van der Waals surface area contributed by atoms with E-state index in [4.69, 9.17) is 27.9 Å². The minimum absolute atomic E-state index is 0.414. The van der Waals surface area contributed by atoms with E-state index >= 15 is 0 Å². The third-order valence-corrected chi connectivity index (χ3v) is 6.52. The normalized spacial score (nSPS) is 11.2. The summed E-state index contributed by atoms with van der Waals surface area (Å²) in [6.07, 6.45) is 0. The van der Waals surface area contributed by atoms with Crippen LogP contribution in [0.5, 0.6) is 5.75 Å². The quantitative estimate of drug-likeness (QED) is 0.268. The maximum Gasteiger partial charge on any atom is 0.209 e. The topological polar surface area (TPSA) is 64.9 Å². The molecular formula is C22H21Cl2N5OS. The van der Waals surface area contributed by atoms with Crippen molar-refractivity contribution in [3.05, 3.63) is 75.8 Å². The zero-order valence-corrected chi connectivity index (χ0v) is 19.2. The molecule has 0 spiro atoms. The number of nitrogens with one attached hydrogen (secondary N) is 1. The molecule has 0 aliphatic heterocycles. The van der Waals surface area contributed by atoms with Crippen LogP contribution in [0.15, 0.2) is 59.8 Å². The van der Waals surface area contributed by atoms with Gasteiger partial charge in [-0.3, -0.25) is 0 Å². The average molecular weight is 474 g/mol. The molecule has 0 saturated carbocycles. The molecule has 0 amide bonds. The number of thioether (sulfide) groups is 1. The Labute approximate surface area is 194 Å². The van der Waals surface area contributed by atoms with Crippen molar-refractivity contribution in [2.75, 3.05) is 12.3 Å². The number of nitrogens with zero attached hydrogens (tertiary/aromatic N) is 4. The highest BCUT2D eigenvalue weighted by molar-refractivity contribution is 7.99. The van der Waals surface area contributed by atoms with Gasteiger partial charge in [-0.2, -0.15) is 0 Å². The zero-order valence-electron chi connectivity index (χ0n) is 16.9. The van der Waals surface area contributed by atoms with Crippen molar-refractivity contribution >= 4 is 45.7 Å². The van der Waals surface area contributed by atoms with Crippen LogP contribution < -0.4 is 10.1 Å². The Morgan fingerprint density at radius 1 is 1.06 bits per heavy atom. The number of rotatable bonds is 9. The molecule has 0 saturated heterocycles. The molecule has 0 bridgehead atoms. The van der Waals surface area contributed by atoms with Crippen molar-refractivity contribution in [3.8, 4) is 5.75 Å². The third-order valence-electron chi connectivity index (χ3n) is 4.77. The SMILES string of the molecule is Cn1nnnc1SCCNCc1c(OCc2ccc(Cl)c(Cl)c2)ccc2ccccc12. The van der Waals surface area contributed by atoms with Gasteiger partial charge < -0.3 is 10.1 Å². The van der Waals surface area contributed by atoms with Crippen LogP contribution in [0, 0.1) is 0 Å². The summed E-state index contributed by atoms with van der Waals surface area (Å²) in [5.74, 6) is 1.71. The van der Waals surface area contributed by atoms with Gasteiger partial charge in [-0.15, -0.1) is 5.10 Å². The highest BCUT2D eigenvalue weighted by Gasteiger charge is 2.10. The largest absolute Gasteiger partial charge is 0.489 e. The summed E-state index contributed by atoms with van der Waals surface area (Å²) in [7, 11) is 1.84. The average Bonchev–Trinajstić information content (AvgIpc) is 3.19. The number of aryl methyl sites for hydroxylation is 1. The molecule has 0 unspecified atom stereocenters. The van der Waals surface area contributed by atoms with E-state index in [9.17, 15) is 0 Å². The van der Waals surface area contributed by atoms with Gasteiger partial charge in [-0.05, 0) is 45.0 Å². The van der Waals surface area contributed by atoms with Crippen molar-refractivity contribution in [1.29, 1.82) is 0 Å². The van der Waals surface area contributed by atoms with Crippen molar-refractivity contribution in [2.45, 2.75) is 18.3 Å². The number of hydrogen-bond acceptors (Lipinski definition) is 6. The van der Waals surface area contributed by atoms with E-state index in [0.29, 0.717) is 23.2 Å². The standard InChI is InChI=1S/C22H21Cl2N5OS/c1-29-22(26-27-28-29)31-11-10-25-13-18-17-5-3-2-4-16(17)7-9-21(18)30-14-15-6-8-19(23)20(24)12-15/h2-9,12,25H,10-11,13-14H2,1H3. The molecule has 0 atom stereocenters. The Kier molecular flexibility index (Phi) is 7.29. The molecule has 6 nitrogen and oxygen atoms in total. The summed E-state index contributed by atoms with van der Waals surface area (Å²) >= 11 is 13.8. The summed E-state index contributed by atoms with van der Waals surface area (Å²) in [6.45, 7) is 1.92. The van der Waals surface area contributed by atoms with Crippen LogP contribution in [-0.4, -0.2) is 32.5 Å². The fourth-order valence-corrected chi connectivity index (χ4v) is 4.26. The molecule has 160 valence electrons. The van der Waals surface area contributed by atoms with E-state index in [-0.39, 0.29) is 0 Å². The van der Waals surface area contributed by atoms with Gasteiger partial charge in [0.05, 0.1) is 10.0 Å². The summed E-state index contributed by atoms with van der Waals surface area (Å²) in [5.41, 5.74) is 2.10. The second-order valence-corrected chi connectivity index (χ2v) is 8.79. The molecule has 1 N–H and O–H groups in total. The molecule has 31 heavy (non-hydrogen) atoms. The van der Waals surface area contributed by atoms with Crippen LogP contribution >= 0.6 is 35.0 Å². The van der Waals surface area contributed by atoms with Crippen LogP contribution in [0.2, 0.25) is 10.0 Å². The van der Waals surface area contributed by atoms with Crippen molar-refractivity contribution < 1.29 is 4.74 Å². The van der Waals surface area contributed by atoms with E-state index < -0.39 is 0 Å². The van der Waals surface area contributed by atoms with Crippen LogP contribution in [0.25, 0.3) is 10.8 Å². The van der Waals surface area contributed by atoms with Gasteiger partial charge in [0.25, 0.3) is 0 Å². The first-order valence-corrected chi connectivity index (χ1v) is 11.5. The molecule has 0 radical (unpaired) electrons. The van der Waals surface area contributed by atoms with E-state index in [2.05, 4.69) is 39.0 Å². The lowest BCUT2D eigenvalue weighted by Gasteiger charge is -2.15. The molecule has 0 aliphatic rings. The smallest absolute Gasteiger partial charge is 0.209 e. The summed E-state index contributed by atoms with van der Waals surface area (Å²) in [5, 5.41) is 19.2. The molecule has 4 aromatic rings. The van der Waals surface area contributed by atoms with Crippen molar-refractivity contribution in [2.24, 2.45) is 7.05 Å². The van der Waals surface area contributed by atoms with E-state index in [1.54, 1.807) is 22.5 Å². The lowest BCUT2D eigenvalue weighted by molar-refractivity contribution is 0.303. The summed E-state index contributed by atoms with van der Waals surface area (Å²) < 4.78 is 7.85. The van der Waals surface area contributed by atoms with Gasteiger partial charge in [0, 0.05) is 31.5 Å². The van der Waals surface area contributed by atoms with Gasteiger partial charge >= 0.3 is 0 Å². The van der Waals surface area contributed by atoms with Gasteiger partial charge in [0.15, 0.2) is 0 Å².